The van der Waals surface area contributed by atoms with Crippen LogP contribution in [0.4, 0.5) is 5.69 Å². The summed E-state index contributed by atoms with van der Waals surface area (Å²) in [7, 11) is 1.84. The number of carbonyl (C=O) groups excluding carboxylic acids is 1. The highest BCUT2D eigenvalue weighted by Gasteiger charge is 2.13. The number of nitrogens with zero attached hydrogens (tertiary/aromatic N) is 3. The van der Waals surface area contributed by atoms with Crippen molar-refractivity contribution in [1.29, 1.82) is 0 Å². The van der Waals surface area contributed by atoms with Crippen molar-refractivity contribution in [3.63, 3.8) is 0 Å². The molecule has 6 nitrogen and oxygen atoms in total. The third-order valence-corrected chi connectivity index (χ3v) is 3.58. The number of hydrogen-bond donors (Lipinski definition) is 2. The second-order valence-corrected chi connectivity index (χ2v) is 5.33. The zero-order valence-corrected chi connectivity index (χ0v) is 13.4. The largest absolute Gasteiger partial charge is 0.382 e. The highest BCUT2D eigenvalue weighted by Crippen LogP contribution is 2.19. The summed E-state index contributed by atoms with van der Waals surface area (Å²) >= 11 is 0. The standard InChI is InChI=1S/C18H19N5O/c1-23-17(14-6-3-2-4-7-14)12-16(22-23)18(24)21-11-10-20-15-8-5-9-19-13-15/h2-9,12-13,20H,10-11H2,1H3,(H,21,24). The highest BCUT2D eigenvalue weighted by molar-refractivity contribution is 5.93. The summed E-state index contributed by atoms with van der Waals surface area (Å²) in [5.41, 5.74) is 3.28. The average molecular weight is 321 g/mol. The number of anilines is 1. The molecular formula is C18H19N5O. The lowest BCUT2D eigenvalue weighted by atomic mass is 10.1. The Bertz CT molecular complexity index is 799. The van der Waals surface area contributed by atoms with Crippen LogP contribution in [0, 0.1) is 0 Å². The molecule has 0 bridgehead atoms. The van der Waals surface area contributed by atoms with Gasteiger partial charge in [-0.3, -0.25) is 14.5 Å². The molecule has 0 fully saturated rings. The van der Waals surface area contributed by atoms with Gasteiger partial charge in [0.05, 0.1) is 11.4 Å². The molecule has 0 spiro atoms. The van der Waals surface area contributed by atoms with Crippen LogP contribution in [0.3, 0.4) is 0 Å². The number of carbonyl (C=O) groups is 1. The van der Waals surface area contributed by atoms with Crippen LogP contribution < -0.4 is 10.6 Å². The Morgan fingerprint density at radius 1 is 1.12 bits per heavy atom. The Balaban J connectivity index is 1.56. The molecule has 0 radical (unpaired) electrons. The number of hydrogen-bond acceptors (Lipinski definition) is 4. The fraction of sp³-hybridized carbons (Fsp3) is 0.167. The van der Waals surface area contributed by atoms with Crippen molar-refractivity contribution >= 4 is 11.6 Å². The first-order valence-electron chi connectivity index (χ1n) is 7.75. The smallest absolute Gasteiger partial charge is 0.271 e. The molecule has 122 valence electrons. The Labute approximate surface area is 140 Å². The zero-order valence-electron chi connectivity index (χ0n) is 13.4. The van der Waals surface area contributed by atoms with E-state index in [4.69, 9.17) is 0 Å². The van der Waals surface area contributed by atoms with Gasteiger partial charge in [0.1, 0.15) is 0 Å². The molecule has 1 aromatic carbocycles. The lowest BCUT2D eigenvalue weighted by Gasteiger charge is -2.06. The van der Waals surface area contributed by atoms with Crippen molar-refractivity contribution in [3.05, 3.63) is 66.6 Å². The van der Waals surface area contributed by atoms with Gasteiger partial charge in [0.2, 0.25) is 0 Å². The fourth-order valence-electron chi connectivity index (χ4n) is 2.40. The summed E-state index contributed by atoms with van der Waals surface area (Å²) in [6.45, 7) is 1.13. The predicted octanol–water partition coefficient (Wildman–Crippen LogP) is 2.32. The maximum absolute atomic E-state index is 12.2. The van der Waals surface area contributed by atoms with Crippen molar-refractivity contribution in [3.8, 4) is 11.3 Å². The number of benzene rings is 1. The molecule has 0 aliphatic carbocycles. The van der Waals surface area contributed by atoms with Crippen molar-refractivity contribution in [1.82, 2.24) is 20.1 Å². The molecule has 2 heterocycles. The molecule has 2 aromatic heterocycles. The van der Waals surface area contributed by atoms with E-state index in [0.29, 0.717) is 18.8 Å². The first-order valence-corrected chi connectivity index (χ1v) is 7.75. The molecular weight excluding hydrogens is 302 g/mol. The molecule has 6 heteroatoms. The van der Waals surface area contributed by atoms with Gasteiger partial charge in [-0.15, -0.1) is 0 Å². The predicted molar refractivity (Wildman–Crippen MR) is 93.7 cm³/mol. The van der Waals surface area contributed by atoms with Crippen LogP contribution >= 0.6 is 0 Å². The average Bonchev–Trinajstić information content (AvgIpc) is 3.02. The first kappa shape index (κ1) is 15.7. The normalized spacial score (nSPS) is 10.4. The van der Waals surface area contributed by atoms with Gasteiger partial charge in [0.25, 0.3) is 5.91 Å². The van der Waals surface area contributed by atoms with Gasteiger partial charge in [-0.05, 0) is 23.8 Å². The Hall–Kier alpha value is -3.15. The topological polar surface area (TPSA) is 71.8 Å². The molecule has 2 N–H and O–H groups in total. The summed E-state index contributed by atoms with van der Waals surface area (Å²) in [5.74, 6) is -0.180. The van der Waals surface area contributed by atoms with Gasteiger partial charge in [-0.2, -0.15) is 5.10 Å². The molecule has 24 heavy (non-hydrogen) atoms. The van der Waals surface area contributed by atoms with Crippen molar-refractivity contribution < 1.29 is 4.79 Å². The van der Waals surface area contributed by atoms with Crippen LogP contribution in [0.15, 0.2) is 60.9 Å². The van der Waals surface area contributed by atoms with E-state index in [9.17, 15) is 4.79 Å². The van der Waals surface area contributed by atoms with Crippen molar-refractivity contribution in [2.75, 3.05) is 18.4 Å². The number of aromatic nitrogens is 3. The van der Waals surface area contributed by atoms with Crippen LogP contribution in [0.1, 0.15) is 10.5 Å². The van der Waals surface area contributed by atoms with Gasteiger partial charge < -0.3 is 10.6 Å². The van der Waals surface area contributed by atoms with Crippen LogP contribution in [-0.2, 0) is 7.05 Å². The molecule has 3 rings (SSSR count). The summed E-state index contributed by atoms with van der Waals surface area (Å²) in [4.78, 5) is 16.3. The Morgan fingerprint density at radius 2 is 1.96 bits per heavy atom. The third-order valence-electron chi connectivity index (χ3n) is 3.58. The Kier molecular flexibility index (Phi) is 4.86. The summed E-state index contributed by atoms with van der Waals surface area (Å²) < 4.78 is 1.72. The molecule has 0 unspecified atom stereocenters. The molecule has 3 aromatic rings. The van der Waals surface area contributed by atoms with Gasteiger partial charge in [0, 0.05) is 32.5 Å². The van der Waals surface area contributed by atoms with E-state index in [2.05, 4.69) is 20.7 Å². The fourth-order valence-corrected chi connectivity index (χ4v) is 2.40. The number of pyridine rings is 1. The molecule has 1 amide bonds. The Morgan fingerprint density at radius 3 is 2.71 bits per heavy atom. The van der Waals surface area contributed by atoms with E-state index in [1.165, 1.54) is 0 Å². The monoisotopic (exact) mass is 321 g/mol. The summed E-state index contributed by atoms with van der Waals surface area (Å²) in [6, 6.07) is 15.5. The second-order valence-electron chi connectivity index (χ2n) is 5.33. The number of amides is 1. The van der Waals surface area contributed by atoms with Crippen LogP contribution in [0.2, 0.25) is 0 Å². The van der Waals surface area contributed by atoms with Crippen molar-refractivity contribution in [2.45, 2.75) is 0 Å². The number of nitrogens with one attached hydrogen (secondary N) is 2. The number of rotatable bonds is 6. The first-order chi connectivity index (χ1) is 11.7. The van der Waals surface area contributed by atoms with Gasteiger partial charge >= 0.3 is 0 Å². The minimum Gasteiger partial charge on any atom is -0.382 e. The summed E-state index contributed by atoms with van der Waals surface area (Å²) in [6.07, 6.45) is 3.46. The lowest BCUT2D eigenvalue weighted by Crippen LogP contribution is -2.29. The van der Waals surface area contributed by atoms with Gasteiger partial charge in [-0.1, -0.05) is 30.3 Å². The minimum absolute atomic E-state index is 0.180. The SMILES string of the molecule is Cn1nc(C(=O)NCCNc2cccnc2)cc1-c1ccccc1. The van der Waals surface area contributed by atoms with E-state index in [-0.39, 0.29) is 5.91 Å². The van der Waals surface area contributed by atoms with E-state index in [1.807, 2.05) is 49.5 Å². The molecule has 0 aliphatic heterocycles. The maximum atomic E-state index is 12.2. The molecule has 0 saturated carbocycles. The van der Waals surface area contributed by atoms with Gasteiger partial charge in [-0.25, -0.2) is 0 Å². The maximum Gasteiger partial charge on any atom is 0.271 e. The molecule has 0 saturated heterocycles. The van der Waals surface area contributed by atoms with Gasteiger partial charge in [0.15, 0.2) is 5.69 Å². The quantitative estimate of drug-likeness (QED) is 0.684. The van der Waals surface area contributed by atoms with Crippen LogP contribution in [0.5, 0.6) is 0 Å². The summed E-state index contributed by atoms with van der Waals surface area (Å²) in [5, 5.41) is 10.4. The molecule has 0 atom stereocenters. The molecule has 0 aliphatic rings. The second kappa shape index (κ2) is 7.41. The van der Waals surface area contributed by atoms with E-state index >= 15 is 0 Å². The highest BCUT2D eigenvalue weighted by atomic mass is 16.1. The lowest BCUT2D eigenvalue weighted by molar-refractivity contribution is 0.0949. The van der Waals surface area contributed by atoms with E-state index in [0.717, 1.165) is 16.9 Å². The number of aryl methyl sites for hydroxylation is 1. The third kappa shape index (κ3) is 3.78. The van der Waals surface area contributed by atoms with Crippen molar-refractivity contribution in [2.24, 2.45) is 7.05 Å². The van der Waals surface area contributed by atoms with E-state index in [1.54, 1.807) is 23.1 Å². The van der Waals surface area contributed by atoms with Crippen LogP contribution in [-0.4, -0.2) is 33.8 Å². The minimum atomic E-state index is -0.180. The van der Waals surface area contributed by atoms with E-state index < -0.39 is 0 Å². The van der Waals surface area contributed by atoms with Crippen LogP contribution in [0.25, 0.3) is 11.3 Å². The zero-order chi connectivity index (χ0) is 16.8.